The molecule has 0 N–H and O–H groups in total. The molecule has 2 aromatic carbocycles. The van der Waals surface area contributed by atoms with Crippen LogP contribution in [0.1, 0.15) is 42.0 Å². The van der Waals surface area contributed by atoms with Gasteiger partial charge in [-0.15, -0.1) is 0 Å². The minimum atomic E-state index is -2.43. The number of rotatable bonds is 2. The minimum absolute atomic E-state index is 0.466. The maximum Gasteiger partial charge on any atom is 0.227 e. The first-order valence-corrected chi connectivity index (χ1v) is 9.72. The van der Waals surface area contributed by atoms with Gasteiger partial charge in [0, 0.05) is 28.0 Å². The van der Waals surface area contributed by atoms with E-state index in [0.29, 0.717) is 11.3 Å². The second-order valence-electron chi connectivity index (χ2n) is 7.74. The Morgan fingerprint density at radius 1 is 1.03 bits per heavy atom. The van der Waals surface area contributed by atoms with E-state index in [1.54, 1.807) is 6.07 Å². The molecule has 0 bridgehead atoms. The van der Waals surface area contributed by atoms with Crippen molar-refractivity contribution in [2.24, 2.45) is 7.05 Å². The summed E-state index contributed by atoms with van der Waals surface area (Å²) in [5, 5.41) is 3.83. The Labute approximate surface area is 176 Å². The standard InChI is InChI=1S/C26H25N2O/c1-15(2)18-8-11-20-19(14-18)12-13-28(5)24(20)23-16(3)6-9-21-22-10-7-17(4)27-26(22)29-25(21)23/h6-15H,1-5H3/q+1/i1D3,15D. The molecule has 1 atom stereocenters. The maximum atomic E-state index is 8.49. The molecule has 5 rings (SSSR count). The number of furan rings is 1. The maximum absolute atomic E-state index is 8.49. The Hall–Kier alpha value is -3.20. The molecule has 5 aromatic rings. The van der Waals surface area contributed by atoms with Gasteiger partial charge in [-0.2, -0.15) is 0 Å². The summed E-state index contributed by atoms with van der Waals surface area (Å²) in [5.41, 5.74) is 5.78. The number of hydrogen-bond acceptors (Lipinski definition) is 2. The molecule has 0 aliphatic heterocycles. The van der Waals surface area contributed by atoms with Crippen LogP contribution >= 0.6 is 0 Å². The van der Waals surface area contributed by atoms with Gasteiger partial charge in [0.05, 0.1) is 10.9 Å². The molecule has 0 aliphatic rings. The highest BCUT2D eigenvalue weighted by Crippen LogP contribution is 2.38. The molecule has 3 heterocycles. The molecule has 29 heavy (non-hydrogen) atoms. The molecule has 3 nitrogen and oxygen atoms in total. The fourth-order valence-electron chi connectivity index (χ4n) is 4.12. The van der Waals surface area contributed by atoms with Gasteiger partial charge in [0.15, 0.2) is 11.8 Å². The SMILES string of the molecule is [2H]C([2H])([2H])C([2H])(C)c1ccc2c(-c3c(C)ccc4c3oc3nc(C)ccc34)[n+](C)ccc2c1. The average Bonchev–Trinajstić information content (AvgIpc) is 3.10. The first-order valence-electron chi connectivity index (χ1n) is 11.7. The number of aromatic nitrogens is 2. The number of fused-ring (bicyclic) bond motifs is 4. The zero-order chi connectivity index (χ0) is 23.7. The highest BCUT2D eigenvalue weighted by Gasteiger charge is 2.23. The predicted octanol–water partition coefficient (Wildman–Crippen LogP) is 6.37. The fourth-order valence-corrected chi connectivity index (χ4v) is 4.12. The molecule has 1 unspecified atom stereocenters. The van der Waals surface area contributed by atoms with Gasteiger partial charge in [-0.3, -0.25) is 0 Å². The Morgan fingerprint density at radius 3 is 2.66 bits per heavy atom. The summed E-state index contributed by atoms with van der Waals surface area (Å²) in [6, 6.07) is 15.6. The molecule has 0 spiro atoms. The van der Waals surface area contributed by atoms with Crippen LogP contribution in [0.2, 0.25) is 0 Å². The van der Waals surface area contributed by atoms with Crippen molar-refractivity contribution in [3.8, 4) is 11.3 Å². The second-order valence-corrected chi connectivity index (χ2v) is 7.74. The van der Waals surface area contributed by atoms with Crippen LogP contribution in [0.5, 0.6) is 0 Å². The summed E-state index contributed by atoms with van der Waals surface area (Å²) < 4.78 is 40.2. The van der Waals surface area contributed by atoms with Crippen LogP contribution in [0.15, 0.2) is 59.1 Å². The zero-order valence-corrected chi connectivity index (χ0v) is 17.0. The third-order valence-corrected chi connectivity index (χ3v) is 5.66. The molecule has 0 amide bonds. The van der Waals surface area contributed by atoms with Crippen LogP contribution in [0.3, 0.4) is 0 Å². The fraction of sp³-hybridized carbons (Fsp3) is 0.231. The highest BCUT2D eigenvalue weighted by molar-refractivity contribution is 6.11. The van der Waals surface area contributed by atoms with Crippen LogP contribution in [0.25, 0.3) is 44.1 Å². The van der Waals surface area contributed by atoms with Crippen molar-refractivity contribution < 1.29 is 14.5 Å². The molecule has 144 valence electrons. The Bertz CT molecular complexity index is 1560. The number of hydrogen-bond donors (Lipinski definition) is 0. The summed E-state index contributed by atoms with van der Waals surface area (Å²) >= 11 is 0. The van der Waals surface area contributed by atoms with Gasteiger partial charge in [0.2, 0.25) is 11.4 Å². The third-order valence-electron chi connectivity index (χ3n) is 5.66. The van der Waals surface area contributed by atoms with Crippen molar-refractivity contribution in [2.45, 2.75) is 33.5 Å². The number of pyridine rings is 2. The highest BCUT2D eigenvalue weighted by atomic mass is 16.3. The monoisotopic (exact) mass is 385 g/mol. The number of nitrogens with zero attached hydrogens (tertiary/aromatic N) is 2. The quantitative estimate of drug-likeness (QED) is 0.331. The van der Waals surface area contributed by atoms with E-state index in [0.717, 1.165) is 49.6 Å². The van der Waals surface area contributed by atoms with Gasteiger partial charge in [0.1, 0.15) is 7.05 Å². The van der Waals surface area contributed by atoms with E-state index >= 15 is 0 Å². The van der Waals surface area contributed by atoms with Crippen LogP contribution in [0.4, 0.5) is 0 Å². The van der Waals surface area contributed by atoms with Crippen molar-refractivity contribution in [2.75, 3.05) is 0 Å². The summed E-state index contributed by atoms with van der Waals surface area (Å²) in [4.78, 5) is 4.58. The van der Waals surface area contributed by atoms with E-state index in [9.17, 15) is 0 Å². The molecule has 3 aromatic heterocycles. The Morgan fingerprint density at radius 2 is 1.83 bits per heavy atom. The van der Waals surface area contributed by atoms with E-state index in [1.165, 1.54) is 6.92 Å². The summed E-state index contributed by atoms with van der Waals surface area (Å²) in [6.45, 7) is 3.02. The van der Waals surface area contributed by atoms with Crippen molar-refractivity contribution in [1.29, 1.82) is 0 Å². The molecule has 0 saturated heterocycles. The molecule has 0 saturated carbocycles. The first kappa shape index (κ1) is 13.9. The molecular formula is C26H25N2O+. The van der Waals surface area contributed by atoms with E-state index in [4.69, 9.17) is 9.90 Å². The average molecular weight is 386 g/mol. The van der Waals surface area contributed by atoms with E-state index < -0.39 is 12.7 Å². The van der Waals surface area contributed by atoms with Crippen molar-refractivity contribution in [1.82, 2.24) is 4.98 Å². The van der Waals surface area contributed by atoms with Gasteiger partial charge in [-0.05, 0) is 54.5 Å². The lowest BCUT2D eigenvalue weighted by Gasteiger charge is -2.11. The van der Waals surface area contributed by atoms with Crippen LogP contribution in [0, 0.1) is 13.8 Å². The lowest BCUT2D eigenvalue weighted by Crippen LogP contribution is -2.30. The lowest BCUT2D eigenvalue weighted by atomic mass is 9.94. The Balaban J connectivity index is 1.83. The molecular weight excluding hydrogens is 356 g/mol. The van der Waals surface area contributed by atoms with Gasteiger partial charge in [0.25, 0.3) is 0 Å². The van der Waals surface area contributed by atoms with Gasteiger partial charge < -0.3 is 4.42 Å². The summed E-state index contributed by atoms with van der Waals surface area (Å²) in [5.74, 6) is -1.70. The third kappa shape index (κ3) is 2.72. The predicted molar refractivity (Wildman–Crippen MR) is 119 cm³/mol. The molecule has 0 fully saturated rings. The van der Waals surface area contributed by atoms with E-state index in [-0.39, 0.29) is 0 Å². The van der Waals surface area contributed by atoms with Crippen LogP contribution in [-0.4, -0.2) is 4.98 Å². The summed E-state index contributed by atoms with van der Waals surface area (Å²) in [6.07, 6.45) is 1.96. The van der Waals surface area contributed by atoms with Crippen molar-refractivity contribution in [3.05, 3.63) is 71.5 Å². The molecule has 0 radical (unpaired) electrons. The van der Waals surface area contributed by atoms with Crippen molar-refractivity contribution >= 4 is 32.8 Å². The number of benzene rings is 2. The van der Waals surface area contributed by atoms with Crippen LogP contribution in [-0.2, 0) is 7.05 Å². The first-order chi connectivity index (χ1) is 15.5. The van der Waals surface area contributed by atoms with Crippen molar-refractivity contribution in [3.63, 3.8) is 0 Å². The molecule has 3 heteroatoms. The molecule has 0 aliphatic carbocycles. The topological polar surface area (TPSA) is 29.9 Å². The Kier molecular flexibility index (Phi) is 3.07. The van der Waals surface area contributed by atoms with E-state index in [2.05, 4.69) is 28.6 Å². The zero-order valence-electron chi connectivity index (χ0n) is 21.0. The van der Waals surface area contributed by atoms with Crippen LogP contribution < -0.4 is 4.57 Å². The largest absolute Gasteiger partial charge is 0.437 e. The smallest absolute Gasteiger partial charge is 0.227 e. The van der Waals surface area contributed by atoms with Gasteiger partial charge in [-0.25, -0.2) is 9.55 Å². The van der Waals surface area contributed by atoms with Gasteiger partial charge in [-0.1, -0.05) is 38.0 Å². The lowest BCUT2D eigenvalue weighted by molar-refractivity contribution is -0.659. The summed E-state index contributed by atoms with van der Waals surface area (Å²) in [7, 11) is 1.99. The minimum Gasteiger partial charge on any atom is -0.437 e. The number of aryl methyl sites for hydroxylation is 3. The van der Waals surface area contributed by atoms with E-state index in [1.807, 2.05) is 50.5 Å². The van der Waals surface area contributed by atoms with Gasteiger partial charge >= 0.3 is 0 Å². The second kappa shape index (κ2) is 6.41. The normalized spacial score (nSPS) is 16.4.